The lowest BCUT2D eigenvalue weighted by atomic mass is 10.2. The Hall–Kier alpha value is -0.610. The molecule has 1 atom stereocenters. The van der Waals surface area contributed by atoms with E-state index in [9.17, 15) is 13.6 Å². The molecule has 9 heteroatoms. The number of thiazole rings is 1. The van der Waals surface area contributed by atoms with Gasteiger partial charge in [0.05, 0.1) is 18.6 Å². The van der Waals surface area contributed by atoms with Gasteiger partial charge in [0.1, 0.15) is 0 Å². The molecule has 1 unspecified atom stereocenters. The Bertz CT molecular complexity index is 665. The molecular formula is C10H8BrN2O3S3-. The molecule has 0 spiro atoms. The molecule has 1 N–H and O–H groups in total. The van der Waals surface area contributed by atoms with Gasteiger partial charge < -0.3 is 9.87 Å². The van der Waals surface area contributed by atoms with Gasteiger partial charge in [0.15, 0.2) is 5.13 Å². The lowest BCUT2D eigenvalue weighted by molar-refractivity contribution is -0.114. The van der Waals surface area contributed by atoms with E-state index < -0.39 is 11.1 Å². The van der Waals surface area contributed by atoms with Gasteiger partial charge in [-0.25, -0.2) is 4.98 Å². The number of carbonyl (C=O) groups is 1. The van der Waals surface area contributed by atoms with Crippen LogP contribution in [0.2, 0.25) is 0 Å². The van der Waals surface area contributed by atoms with E-state index in [1.807, 2.05) is 6.92 Å². The van der Waals surface area contributed by atoms with Crippen molar-refractivity contribution < 1.29 is 13.6 Å². The van der Waals surface area contributed by atoms with Gasteiger partial charge in [-0.2, -0.15) is 0 Å². The average molecular weight is 380 g/mol. The van der Waals surface area contributed by atoms with Crippen LogP contribution in [0.3, 0.4) is 0 Å². The molecule has 5 nitrogen and oxygen atoms in total. The summed E-state index contributed by atoms with van der Waals surface area (Å²) in [5, 5.41) is 3.12. The van der Waals surface area contributed by atoms with Crippen molar-refractivity contribution >= 4 is 60.7 Å². The number of nitrogens with zero attached hydrogens (tertiary/aromatic N) is 1. The molecule has 0 aliphatic heterocycles. The van der Waals surface area contributed by atoms with Crippen LogP contribution >= 0.6 is 38.6 Å². The second-order valence-electron chi connectivity index (χ2n) is 3.60. The normalized spacial score (nSPS) is 12.4. The smallest absolute Gasteiger partial charge is 0.223 e. The SMILES string of the molecule is CC(=O)Nc1nc(C)c(-c2cc(S(=O)[O-])sc2Br)s1. The van der Waals surface area contributed by atoms with Crippen molar-refractivity contribution in [1.29, 1.82) is 0 Å². The van der Waals surface area contributed by atoms with Gasteiger partial charge in [0.2, 0.25) is 5.91 Å². The van der Waals surface area contributed by atoms with Gasteiger partial charge in [-0.1, -0.05) is 11.3 Å². The monoisotopic (exact) mass is 379 g/mol. The summed E-state index contributed by atoms with van der Waals surface area (Å²) in [5.74, 6) is -0.189. The van der Waals surface area contributed by atoms with E-state index >= 15 is 0 Å². The molecule has 0 saturated heterocycles. The molecule has 1 amide bonds. The predicted molar refractivity (Wildman–Crippen MR) is 79.4 cm³/mol. The molecular weight excluding hydrogens is 372 g/mol. The average Bonchev–Trinajstić information content (AvgIpc) is 2.81. The summed E-state index contributed by atoms with van der Waals surface area (Å²) in [5.41, 5.74) is 1.52. The van der Waals surface area contributed by atoms with Crippen molar-refractivity contribution in [2.45, 2.75) is 18.1 Å². The summed E-state index contributed by atoms with van der Waals surface area (Å²) in [6.07, 6.45) is 0. The Morgan fingerprint density at radius 1 is 1.53 bits per heavy atom. The van der Waals surface area contributed by atoms with Gasteiger partial charge in [0.25, 0.3) is 0 Å². The van der Waals surface area contributed by atoms with E-state index in [0.29, 0.717) is 5.13 Å². The third-order valence-corrected chi connectivity index (χ3v) is 5.99. The van der Waals surface area contributed by atoms with Crippen LogP contribution in [-0.2, 0) is 15.9 Å². The van der Waals surface area contributed by atoms with Gasteiger partial charge in [-0.05, 0) is 40.0 Å². The van der Waals surface area contributed by atoms with E-state index in [1.165, 1.54) is 18.3 Å². The third kappa shape index (κ3) is 3.29. The van der Waals surface area contributed by atoms with Crippen LogP contribution in [0.1, 0.15) is 12.6 Å². The molecule has 0 aliphatic rings. The maximum absolute atomic E-state index is 11.0. The van der Waals surface area contributed by atoms with Crippen LogP contribution in [0, 0.1) is 6.92 Å². The number of nitrogens with one attached hydrogen (secondary N) is 1. The molecule has 0 radical (unpaired) electrons. The van der Waals surface area contributed by atoms with Gasteiger partial charge in [-0.3, -0.25) is 9.00 Å². The van der Waals surface area contributed by atoms with Crippen LogP contribution in [0.25, 0.3) is 10.4 Å². The minimum absolute atomic E-state index is 0.189. The molecule has 0 aliphatic carbocycles. The van der Waals surface area contributed by atoms with Crippen LogP contribution < -0.4 is 5.32 Å². The van der Waals surface area contributed by atoms with E-state index in [-0.39, 0.29) is 10.1 Å². The lowest BCUT2D eigenvalue weighted by Crippen LogP contribution is -2.04. The summed E-state index contributed by atoms with van der Waals surface area (Å²) >= 11 is 3.56. The summed E-state index contributed by atoms with van der Waals surface area (Å²) in [4.78, 5) is 16.1. The fourth-order valence-electron chi connectivity index (χ4n) is 1.43. The summed E-state index contributed by atoms with van der Waals surface area (Å²) in [6, 6.07) is 1.59. The molecule has 2 aromatic heterocycles. The maximum atomic E-state index is 11.0. The number of halogens is 1. The largest absolute Gasteiger partial charge is 0.768 e. The highest BCUT2D eigenvalue weighted by atomic mass is 79.9. The van der Waals surface area contributed by atoms with Gasteiger partial charge in [0, 0.05) is 12.5 Å². The number of rotatable bonds is 3. The standard InChI is InChI=1S/C10H9BrN2O3S3/c1-4-8(18-10(12-4)13-5(2)14)6-3-7(19(15)16)17-9(6)11/h3H,1-2H3,(H,15,16)(H,12,13,14)/p-1. The minimum atomic E-state index is -2.25. The number of amides is 1. The molecule has 0 saturated carbocycles. The molecule has 0 bridgehead atoms. The number of hydrogen-bond acceptors (Lipinski definition) is 6. The van der Waals surface area contributed by atoms with Crippen LogP contribution in [0.4, 0.5) is 5.13 Å². The molecule has 2 rings (SSSR count). The zero-order chi connectivity index (χ0) is 14.2. The van der Waals surface area contributed by atoms with Crippen LogP contribution in [0.15, 0.2) is 14.1 Å². The lowest BCUT2D eigenvalue weighted by Gasteiger charge is -1.97. The Balaban J connectivity index is 2.44. The third-order valence-electron chi connectivity index (χ3n) is 2.15. The molecule has 0 aromatic carbocycles. The highest BCUT2D eigenvalue weighted by molar-refractivity contribution is 9.11. The minimum Gasteiger partial charge on any atom is -0.768 e. The number of thiophene rings is 1. The molecule has 2 heterocycles. The first kappa shape index (κ1) is 14.8. The highest BCUT2D eigenvalue weighted by Gasteiger charge is 2.16. The summed E-state index contributed by atoms with van der Waals surface area (Å²) in [6.45, 7) is 3.23. The number of anilines is 1. The van der Waals surface area contributed by atoms with E-state index in [2.05, 4.69) is 26.2 Å². The first-order valence-electron chi connectivity index (χ1n) is 5.02. The number of hydrogen-bond donors (Lipinski definition) is 1. The number of aryl methyl sites for hydroxylation is 1. The van der Waals surface area contributed by atoms with E-state index in [4.69, 9.17) is 0 Å². The molecule has 2 aromatic rings. The Labute approximate surface area is 128 Å². The quantitative estimate of drug-likeness (QED) is 0.830. The second-order valence-corrected chi connectivity index (χ2v) is 8.14. The first-order valence-corrected chi connectivity index (χ1v) is 8.52. The van der Waals surface area contributed by atoms with Crippen LogP contribution in [0.5, 0.6) is 0 Å². The predicted octanol–water partition coefficient (Wildman–Crippen LogP) is 3.14. The Morgan fingerprint density at radius 3 is 2.74 bits per heavy atom. The van der Waals surface area contributed by atoms with Crippen molar-refractivity contribution in [2.75, 3.05) is 5.32 Å². The zero-order valence-electron chi connectivity index (χ0n) is 9.85. The molecule has 102 valence electrons. The van der Waals surface area contributed by atoms with Crippen LogP contribution in [-0.4, -0.2) is 19.7 Å². The van der Waals surface area contributed by atoms with Crippen molar-refractivity contribution in [3.63, 3.8) is 0 Å². The Kier molecular flexibility index (Phi) is 4.51. The summed E-state index contributed by atoms with van der Waals surface area (Å²) < 4.78 is 22.9. The number of aromatic nitrogens is 1. The van der Waals surface area contributed by atoms with Crippen molar-refractivity contribution in [3.8, 4) is 10.4 Å². The van der Waals surface area contributed by atoms with Gasteiger partial charge in [-0.15, -0.1) is 11.3 Å². The van der Waals surface area contributed by atoms with Crippen molar-refractivity contribution in [3.05, 3.63) is 15.5 Å². The Morgan fingerprint density at radius 2 is 2.21 bits per heavy atom. The first-order chi connectivity index (χ1) is 8.88. The summed E-state index contributed by atoms with van der Waals surface area (Å²) in [7, 11) is 0. The van der Waals surface area contributed by atoms with E-state index in [0.717, 1.165) is 31.3 Å². The molecule has 19 heavy (non-hydrogen) atoms. The second kappa shape index (κ2) is 5.80. The highest BCUT2D eigenvalue weighted by Crippen LogP contribution is 2.42. The fourth-order valence-corrected chi connectivity index (χ4v) is 5.18. The topological polar surface area (TPSA) is 82.1 Å². The van der Waals surface area contributed by atoms with Gasteiger partial charge >= 0.3 is 0 Å². The van der Waals surface area contributed by atoms with Crippen molar-refractivity contribution in [2.24, 2.45) is 0 Å². The van der Waals surface area contributed by atoms with E-state index in [1.54, 1.807) is 6.07 Å². The maximum Gasteiger partial charge on any atom is 0.223 e. The molecule has 0 fully saturated rings. The fraction of sp³-hybridized carbons (Fsp3) is 0.200. The number of carbonyl (C=O) groups excluding carboxylic acids is 1. The zero-order valence-corrected chi connectivity index (χ0v) is 13.9. The van der Waals surface area contributed by atoms with Crippen molar-refractivity contribution in [1.82, 2.24) is 4.98 Å².